The van der Waals surface area contributed by atoms with Crippen LogP contribution in [0.3, 0.4) is 0 Å². The SMILES string of the molecule is CCCCCCCNC(=S)NC(=O)C=Cc1ccc(C)cc1. The van der Waals surface area contributed by atoms with E-state index in [1.54, 1.807) is 6.08 Å². The van der Waals surface area contributed by atoms with E-state index < -0.39 is 0 Å². The maximum absolute atomic E-state index is 11.7. The molecule has 0 spiro atoms. The average molecular weight is 318 g/mol. The number of benzene rings is 1. The first-order valence-corrected chi connectivity index (χ1v) is 8.36. The molecule has 3 nitrogen and oxygen atoms in total. The van der Waals surface area contributed by atoms with Crippen molar-refractivity contribution in [3.05, 3.63) is 41.5 Å². The topological polar surface area (TPSA) is 41.1 Å². The highest BCUT2D eigenvalue weighted by Crippen LogP contribution is 2.04. The van der Waals surface area contributed by atoms with Gasteiger partial charge in [0.15, 0.2) is 5.11 Å². The summed E-state index contributed by atoms with van der Waals surface area (Å²) < 4.78 is 0. The van der Waals surface area contributed by atoms with E-state index in [4.69, 9.17) is 12.2 Å². The van der Waals surface area contributed by atoms with Crippen LogP contribution in [0.15, 0.2) is 30.3 Å². The van der Waals surface area contributed by atoms with Gasteiger partial charge in [-0.25, -0.2) is 0 Å². The highest BCUT2D eigenvalue weighted by atomic mass is 32.1. The van der Waals surface area contributed by atoms with Crippen molar-refractivity contribution in [3.8, 4) is 0 Å². The van der Waals surface area contributed by atoms with Crippen molar-refractivity contribution in [2.24, 2.45) is 0 Å². The lowest BCUT2D eigenvalue weighted by atomic mass is 10.1. The Morgan fingerprint density at radius 1 is 1.14 bits per heavy atom. The summed E-state index contributed by atoms with van der Waals surface area (Å²) in [6.07, 6.45) is 9.35. The average Bonchev–Trinajstić information content (AvgIpc) is 2.50. The maximum Gasteiger partial charge on any atom is 0.250 e. The molecule has 0 aliphatic carbocycles. The molecule has 2 N–H and O–H groups in total. The molecule has 0 atom stereocenters. The van der Waals surface area contributed by atoms with E-state index in [-0.39, 0.29) is 5.91 Å². The largest absolute Gasteiger partial charge is 0.362 e. The zero-order valence-corrected chi connectivity index (χ0v) is 14.3. The minimum atomic E-state index is -0.205. The second kappa shape index (κ2) is 11.0. The summed E-state index contributed by atoms with van der Waals surface area (Å²) in [5, 5.41) is 6.12. The number of hydrogen-bond donors (Lipinski definition) is 2. The number of carbonyl (C=O) groups excluding carboxylic acids is 1. The molecule has 0 saturated heterocycles. The fraction of sp³-hybridized carbons (Fsp3) is 0.444. The third-order valence-corrected chi connectivity index (χ3v) is 3.55. The lowest BCUT2D eigenvalue weighted by Gasteiger charge is -2.07. The summed E-state index contributed by atoms with van der Waals surface area (Å²) in [5.41, 5.74) is 2.20. The molecule has 4 heteroatoms. The third kappa shape index (κ3) is 8.57. The highest BCUT2D eigenvalue weighted by Gasteiger charge is 2.00. The maximum atomic E-state index is 11.7. The van der Waals surface area contributed by atoms with Gasteiger partial charge in [-0.1, -0.05) is 62.4 Å². The molecule has 1 amide bonds. The number of rotatable bonds is 8. The smallest absolute Gasteiger partial charge is 0.250 e. The summed E-state index contributed by atoms with van der Waals surface area (Å²) in [6.45, 7) is 5.05. The quantitative estimate of drug-likeness (QED) is 0.433. The van der Waals surface area contributed by atoms with Gasteiger partial charge < -0.3 is 5.32 Å². The van der Waals surface area contributed by atoms with Crippen LogP contribution in [0.25, 0.3) is 6.08 Å². The molecule has 0 saturated carbocycles. The van der Waals surface area contributed by atoms with Gasteiger partial charge >= 0.3 is 0 Å². The molecule has 0 aliphatic rings. The zero-order chi connectivity index (χ0) is 16.2. The predicted octanol–water partition coefficient (Wildman–Crippen LogP) is 3.97. The molecule has 0 radical (unpaired) electrons. The van der Waals surface area contributed by atoms with Crippen molar-refractivity contribution in [1.82, 2.24) is 10.6 Å². The van der Waals surface area contributed by atoms with Crippen LogP contribution in [0.4, 0.5) is 0 Å². The van der Waals surface area contributed by atoms with Gasteiger partial charge in [0, 0.05) is 12.6 Å². The third-order valence-electron chi connectivity index (χ3n) is 3.31. The lowest BCUT2D eigenvalue weighted by Crippen LogP contribution is -2.38. The Balaban J connectivity index is 2.21. The fourth-order valence-corrected chi connectivity index (χ4v) is 2.18. The van der Waals surface area contributed by atoms with Crippen molar-refractivity contribution in [2.45, 2.75) is 46.0 Å². The molecule has 1 aromatic carbocycles. The number of aryl methyl sites for hydroxylation is 1. The summed E-state index contributed by atoms with van der Waals surface area (Å²) >= 11 is 5.10. The van der Waals surface area contributed by atoms with Crippen LogP contribution >= 0.6 is 12.2 Å². The van der Waals surface area contributed by atoms with E-state index in [0.29, 0.717) is 5.11 Å². The molecule has 0 aromatic heterocycles. The summed E-state index contributed by atoms with van der Waals surface area (Å²) in [4.78, 5) is 11.7. The Labute approximate surface area is 139 Å². The van der Waals surface area contributed by atoms with E-state index in [0.717, 1.165) is 18.5 Å². The first-order chi connectivity index (χ1) is 10.6. The highest BCUT2D eigenvalue weighted by molar-refractivity contribution is 7.80. The van der Waals surface area contributed by atoms with E-state index >= 15 is 0 Å². The van der Waals surface area contributed by atoms with Gasteiger partial charge in [0.2, 0.25) is 5.91 Å². The van der Waals surface area contributed by atoms with Crippen LogP contribution in [0, 0.1) is 6.92 Å². The second-order valence-corrected chi connectivity index (χ2v) is 5.81. The van der Waals surface area contributed by atoms with E-state index in [2.05, 4.69) is 17.6 Å². The Bertz CT molecular complexity index is 494. The molecule has 1 rings (SSSR count). The minimum Gasteiger partial charge on any atom is -0.362 e. The first-order valence-electron chi connectivity index (χ1n) is 7.95. The molecule has 0 aliphatic heterocycles. The normalized spacial score (nSPS) is 10.6. The van der Waals surface area contributed by atoms with Gasteiger partial charge in [0.1, 0.15) is 0 Å². The van der Waals surface area contributed by atoms with Crippen LogP contribution in [0.5, 0.6) is 0 Å². The van der Waals surface area contributed by atoms with Gasteiger partial charge in [-0.15, -0.1) is 0 Å². The first kappa shape index (κ1) is 18.4. The summed E-state index contributed by atoms with van der Waals surface area (Å²) in [6, 6.07) is 7.99. The number of nitrogens with one attached hydrogen (secondary N) is 2. The number of hydrogen-bond acceptors (Lipinski definition) is 2. The molecule has 0 bridgehead atoms. The van der Waals surface area contributed by atoms with Gasteiger partial charge in [-0.3, -0.25) is 10.1 Å². The lowest BCUT2D eigenvalue weighted by molar-refractivity contribution is -0.115. The fourth-order valence-electron chi connectivity index (χ4n) is 1.98. The van der Waals surface area contributed by atoms with Gasteiger partial charge in [-0.05, 0) is 37.2 Å². The molecule has 22 heavy (non-hydrogen) atoms. The summed E-state index contributed by atoms with van der Waals surface area (Å²) in [7, 11) is 0. The van der Waals surface area contributed by atoms with Crippen LogP contribution in [-0.4, -0.2) is 17.6 Å². The molecule has 1 aromatic rings. The van der Waals surface area contributed by atoms with Crippen LogP contribution in [-0.2, 0) is 4.79 Å². The van der Waals surface area contributed by atoms with E-state index in [9.17, 15) is 4.79 Å². The van der Waals surface area contributed by atoms with Crippen molar-refractivity contribution < 1.29 is 4.79 Å². The molecule has 0 unspecified atom stereocenters. The van der Waals surface area contributed by atoms with Crippen LogP contribution < -0.4 is 10.6 Å². The number of carbonyl (C=O) groups is 1. The van der Waals surface area contributed by atoms with Crippen molar-refractivity contribution >= 4 is 29.3 Å². The van der Waals surface area contributed by atoms with Gasteiger partial charge in [0.25, 0.3) is 0 Å². The molecular formula is C18H26N2OS. The zero-order valence-electron chi connectivity index (χ0n) is 13.5. The Hall–Kier alpha value is -1.68. The standard InChI is InChI=1S/C18H26N2OS/c1-3-4-5-6-7-14-19-18(22)20-17(21)13-12-16-10-8-15(2)9-11-16/h8-13H,3-7,14H2,1-2H3,(H2,19,20,21,22). The monoisotopic (exact) mass is 318 g/mol. The minimum absolute atomic E-state index is 0.205. The van der Waals surface area contributed by atoms with Crippen molar-refractivity contribution in [1.29, 1.82) is 0 Å². The molecule has 120 valence electrons. The number of thiocarbonyl (C=S) groups is 1. The number of amides is 1. The van der Waals surface area contributed by atoms with Gasteiger partial charge in [0.05, 0.1) is 0 Å². The van der Waals surface area contributed by atoms with Crippen molar-refractivity contribution in [3.63, 3.8) is 0 Å². The summed E-state index contributed by atoms with van der Waals surface area (Å²) in [5.74, 6) is -0.205. The molecule has 0 fully saturated rings. The van der Waals surface area contributed by atoms with Crippen LogP contribution in [0.2, 0.25) is 0 Å². The van der Waals surface area contributed by atoms with Crippen LogP contribution in [0.1, 0.15) is 50.2 Å². The molecular weight excluding hydrogens is 292 g/mol. The van der Waals surface area contributed by atoms with Gasteiger partial charge in [-0.2, -0.15) is 0 Å². The van der Waals surface area contributed by atoms with E-state index in [1.807, 2.05) is 31.2 Å². The van der Waals surface area contributed by atoms with Crippen molar-refractivity contribution in [2.75, 3.05) is 6.54 Å². The predicted molar refractivity (Wildman–Crippen MR) is 97.7 cm³/mol. The Morgan fingerprint density at radius 2 is 1.82 bits per heavy atom. The van der Waals surface area contributed by atoms with E-state index in [1.165, 1.54) is 37.3 Å². The Kier molecular flexibility index (Phi) is 9.15. The second-order valence-electron chi connectivity index (χ2n) is 5.40. The molecule has 0 heterocycles. The number of unbranched alkanes of at least 4 members (excludes halogenated alkanes) is 4. The Morgan fingerprint density at radius 3 is 2.50 bits per heavy atom.